The second-order valence-electron chi connectivity index (χ2n) is 16.9. The number of likely N-dealkylation sites (tertiary alicyclic amines) is 2. The number of amides is 5. The first-order valence-electron chi connectivity index (χ1n) is 20.6. The normalized spacial score (nSPS) is 28.9. The highest BCUT2D eigenvalue weighted by Crippen LogP contribution is 2.43. The summed E-state index contributed by atoms with van der Waals surface area (Å²) in [5, 5.41) is 19.3. The average molecular weight is 794 g/mol. The first-order valence-corrected chi connectivity index (χ1v) is 20.6. The van der Waals surface area contributed by atoms with E-state index >= 15 is 0 Å². The Morgan fingerprint density at radius 1 is 0.424 bits per heavy atom. The summed E-state index contributed by atoms with van der Waals surface area (Å²) < 4.78 is 0. The Balaban J connectivity index is 0.842. The molecule has 5 aliphatic rings. The maximum Gasteiger partial charge on any atom is 0.309 e. The predicted molar refractivity (Wildman–Crippen MR) is 217 cm³/mol. The summed E-state index contributed by atoms with van der Waals surface area (Å²) >= 11 is 0. The van der Waals surface area contributed by atoms with Crippen molar-refractivity contribution in [2.24, 2.45) is 23.7 Å². The summed E-state index contributed by atoms with van der Waals surface area (Å²) in [5.74, 6) is -5.62. The summed E-state index contributed by atoms with van der Waals surface area (Å²) in [7, 11) is 0. The molecule has 0 radical (unpaired) electrons. The molecule has 12 nitrogen and oxygen atoms in total. The molecule has 4 aromatic carbocycles. The monoisotopic (exact) mass is 793 g/mol. The number of nitrogens with zero attached hydrogens (tertiary/aromatic N) is 2. The largest absolute Gasteiger partial charge is 0.481 e. The second kappa shape index (κ2) is 15.8. The smallest absolute Gasteiger partial charge is 0.309 e. The van der Waals surface area contributed by atoms with Crippen molar-refractivity contribution in [1.29, 1.82) is 0 Å². The molecule has 0 spiro atoms. The molecule has 2 aliphatic heterocycles. The van der Waals surface area contributed by atoms with E-state index in [2.05, 4.69) is 16.0 Å². The molecule has 12 heteroatoms. The van der Waals surface area contributed by atoms with Gasteiger partial charge in [-0.1, -0.05) is 91.0 Å². The number of carboxylic acid groups (broad SMARTS) is 1. The Morgan fingerprint density at radius 3 is 1.02 bits per heavy atom. The quantitative estimate of drug-likeness (QED) is 0.167. The fourth-order valence-corrected chi connectivity index (χ4v) is 9.25. The van der Waals surface area contributed by atoms with Crippen molar-refractivity contribution < 1.29 is 33.9 Å². The zero-order chi connectivity index (χ0) is 40.8. The zero-order valence-electron chi connectivity index (χ0n) is 32.5. The van der Waals surface area contributed by atoms with Crippen LogP contribution < -0.4 is 16.0 Å². The van der Waals surface area contributed by atoms with Crippen molar-refractivity contribution in [2.75, 3.05) is 26.2 Å². The third-order valence-corrected chi connectivity index (χ3v) is 13.0. The molecular weight excluding hydrogens is 747 g/mol. The maximum atomic E-state index is 14.0. The van der Waals surface area contributed by atoms with Gasteiger partial charge in [0.2, 0.25) is 17.7 Å². The van der Waals surface area contributed by atoms with Crippen LogP contribution in [0, 0.1) is 23.7 Å². The van der Waals surface area contributed by atoms with E-state index in [1.807, 2.05) is 91.0 Å². The number of carbonyl (C=O) groups excluding carboxylic acids is 5. The lowest BCUT2D eigenvalue weighted by molar-refractivity contribution is -0.145. The number of aliphatic carboxylic acids is 1. The van der Waals surface area contributed by atoms with E-state index in [0.717, 1.165) is 36.0 Å². The fourth-order valence-electron chi connectivity index (χ4n) is 9.25. The van der Waals surface area contributed by atoms with Gasteiger partial charge in [0.05, 0.1) is 23.7 Å². The van der Waals surface area contributed by atoms with E-state index in [1.165, 1.54) is 34.1 Å². The third kappa shape index (κ3) is 8.08. The van der Waals surface area contributed by atoms with E-state index in [9.17, 15) is 33.9 Å². The molecule has 2 heterocycles. The van der Waals surface area contributed by atoms with Crippen LogP contribution in [0.2, 0.25) is 0 Å². The van der Waals surface area contributed by atoms with Crippen LogP contribution in [0.3, 0.4) is 0 Å². The van der Waals surface area contributed by atoms with Crippen LogP contribution in [0.5, 0.6) is 0 Å². The first kappa shape index (κ1) is 38.2. The van der Waals surface area contributed by atoms with Gasteiger partial charge < -0.3 is 30.9 Å². The molecule has 4 N–H and O–H groups in total. The molecule has 302 valence electrons. The molecule has 9 rings (SSSR count). The van der Waals surface area contributed by atoms with Gasteiger partial charge in [0.15, 0.2) is 0 Å². The minimum Gasteiger partial charge on any atom is -0.481 e. The van der Waals surface area contributed by atoms with Crippen LogP contribution in [0.1, 0.15) is 74.4 Å². The molecule has 0 unspecified atom stereocenters. The van der Waals surface area contributed by atoms with Gasteiger partial charge in [-0.05, 0) is 60.2 Å². The van der Waals surface area contributed by atoms with Crippen LogP contribution >= 0.6 is 0 Å². The number of carboxylic acids is 1. The van der Waals surface area contributed by atoms with Gasteiger partial charge in [-0.3, -0.25) is 28.8 Å². The minimum absolute atomic E-state index is 0.0361. The lowest BCUT2D eigenvalue weighted by Gasteiger charge is -2.18. The van der Waals surface area contributed by atoms with Crippen molar-refractivity contribution >= 4 is 35.5 Å². The highest BCUT2D eigenvalue weighted by Gasteiger charge is 2.50. The molecular formula is C47H47N5O7. The van der Waals surface area contributed by atoms with Gasteiger partial charge in [-0.25, -0.2) is 0 Å². The SMILES string of the molecule is O=C(O)[C@@H]1CN(C(=O)c2ccc(C(=O)N3C[C@@H](C(=O)N[C@H]4C[C@@H]4c4ccccc4)[C@H](C(=O)N[C@H]4C[C@@H]4c4ccccc4)C3)cc2)C[C@H]1C(=O)N[C@H]1C[C@@H]1c1ccccc1. The van der Waals surface area contributed by atoms with E-state index in [0.29, 0.717) is 5.56 Å². The number of hydrogen-bond donors (Lipinski definition) is 4. The highest BCUT2D eigenvalue weighted by atomic mass is 16.4. The Morgan fingerprint density at radius 2 is 0.712 bits per heavy atom. The van der Waals surface area contributed by atoms with Crippen molar-refractivity contribution in [2.45, 2.75) is 55.1 Å². The second-order valence-corrected chi connectivity index (χ2v) is 16.9. The summed E-state index contributed by atoms with van der Waals surface area (Å²) in [6, 6.07) is 35.8. The topological polar surface area (TPSA) is 165 Å². The van der Waals surface area contributed by atoms with E-state index < -0.39 is 35.5 Å². The third-order valence-electron chi connectivity index (χ3n) is 13.0. The minimum atomic E-state index is -1.14. The molecule has 59 heavy (non-hydrogen) atoms. The fraction of sp³-hybridized carbons (Fsp3) is 0.362. The van der Waals surface area contributed by atoms with Gasteiger partial charge >= 0.3 is 5.97 Å². The predicted octanol–water partition coefficient (Wildman–Crippen LogP) is 4.16. The molecule has 3 aliphatic carbocycles. The lowest BCUT2D eigenvalue weighted by atomic mass is 9.94. The van der Waals surface area contributed by atoms with Crippen LogP contribution in [-0.4, -0.2) is 94.7 Å². The molecule has 2 saturated heterocycles. The summed E-state index contributed by atoms with van der Waals surface area (Å²) in [6.07, 6.45) is 2.40. The van der Waals surface area contributed by atoms with Crippen LogP contribution in [0.15, 0.2) is 115 Å². The zero-order valence-corrected chi connectivity index (χ0v) is 32.5. The molecule has 3 saturated carbocycles. The molecule has 5 fully saturated rings. The van der Waals surface area contributed by atoms with Crippen LogP contribution in [0.25, 0.3) is 0 Å². The maximum absolute atomic E-state index is 14.0. The van der Waals surface area contributed by atoms with E-state index in [-0.39, 0.29) is 91.3 Å². The van der Waals surface area contributed by atoms with Crippen LogP contribution in [0.4, 0.5) is 0 Å². The van der Waals surface area contributed by atoms with Gasteiger partial charge in [0.1, 0.15) is 0 Å². The molecule has 4 aromatic rings. The number of nitrogens with one attached hydrogen (secondary N) is 3. The Hall–Kier alpha value is -6.30. The highest BCUT2D eigenvalue weighted by molar-refractivity contribution is 6.00. The standard InChI is InChI=1S/C47H47N5O7/c53-42(48-39-20-32(39)27-10-4-1-5-11-27)35-23-51(24-36(35)43(54)49-40-21-33(40)28-12-6-2-7-13-28)45(56)30-16-18-31(19-17-30)46(57)52-25-37(38(26-52)47(58)59)44(55)50-41-22-34(41)29-14-8-3-9-15-29/h1-19,32-41H,20-26H2,(H,48,53)(H,49,54)(H,50,55)(H,58,59)/t32-,33-,34-,35-,36-,37-,38-,39+,40+,41+/m1/s1. The Kier molecular flexibility index (Phi) is 10.2. The van der Waals surface area contributed by atoms with Crippen molar-refractivity contribution in [3.8, 4) is 0 Å². The van der Waals surface area contributed by atoms with Crippen molar-refractivity contribution in [3.05, 3.63) is 143 Å². The first-order chi connectivity index (χ1) is 28.6. The van der Waals surface area contributed by atoms with Gasteiger partial charge in [0, 0.05) is 73.2 Å². The van der Waals surface area contributed by atoms with Crippen molar-refractivity contribution in [3.63, 3.8) is 0 Å². The van der Waals surface area contributed by atoms with Crippen molar-refractivity contribution in [1.82, 2.24) is 25.8 Å². The van der Waals surface area contributed by atoms with Crippen LogP contribution in [-0.2, 0) is 19.2 Å². The van der Waals surface area contributed by atoms with Gasteiger partial charge in [0.25, 0.3) is 11.8 Å². The average Bonchev–Trinajstić information content (AvgIpc) is 4.23. The molecule has 0 bridgehead atoms. The van der Waals surface area contributed by atoms with Gasteiger partial charge in [-0.15, -0.1) is 0 Å². The summed E-state index contributed by atoms with van der Waals surface area (Å²) in [5.41, 5.74) is 3.97. The summed E-state index contributed by atoms with van der Waals surface area (Å²) in [6.45, 7) is -0.00860. The van der Waals surface area contributed by atoms with E-state index in [4.69, 9.17) is 0 Å². The molecule has 5 amide bonds. The molecule has 0 aromatic heterocycles. The Bertz CT molecular complexity index is 2180. The number of hydrogen-bond acceptors (Lipinski definition) is 6. The lowest BCUT2D eigenvalue weighted by Crippen LogP contribution is -2.43. The number of carbonyl (C=O) groups is 6. The number of rotatable bonds is 12. The summed E-state index contributed by atoms with van der Waals surface area (Å²) in [4.78, 5) is 83.8. The van der Waals surface area contributed by atoms with Gasteiger partial charge in [-0.2, -0.15) is 0 Å². The van der Waals surface area contributed by atoms with E-state index in [1.54, 1.807) is 0 Å². The Labute approximate surface area is 342 Å². The number of benzene rings is 4. The molecule has 10 atom stereocenters.